The average molecular weight is 644 g/mol. The van der Waals surface area contributed by atoms with Gasteiger partial charge in [0.2, 0.25) is 5.91 Å². The molecule has 16 heteroatoms. The smallest absolute Gasteiger partial charge is 0.475 e. The molecule has 0 bridgehead atoms. The Labute approximate surface area is 251 Å². The molecule has 44 heavy (non-hydrogen) atoms. The lowest BCUT2D eigenvalue weighted by molar-refractivity contribution is -0.193. The molecule has 1 spiro atoms. The van der Waals surface area contributed by atoms with Crippen LogP contribution in [0.1, 0.15) is 37.7 Å². The van der Waals surface area contributed by atoms with Gasteiger partial charge in [-0.15, -0.1) is 0 Å². The van der Waals surface area contributed by atoms with Crippen LogP contribution in [0.15, 0.2) is 24.3 Å². The number of hydrogen-bond donors (Lipinski definition) is 3. The molecule has 1 aromatic carbocycles. The number of alkyl halides is 6. The van der Waals surface area contributed by atoms with Crippen LogP contribution < -0.4 is 4.90 Å². The summed E-state index contributed by atoms with van der Waals surface area (Å²) >= 11 is 0. The van der Waals surface area contributed by atoms with Crippen LogP contribution in [0, 0.1) is 5.41 Å². The van der Waals surface area contributed by atoms with Crippen molar-refractivity contribution in [3.05, 3.63) is 29.8 Å². The number of piperidine rings is 1. The van der Waals surface area contributed by atoms with Crippen molar-refractivity contribution in [1.29, 1.82) is 0 Å². The normalized spacial score (nSPS) is 21.6. The summed E-state index contributed by atoms with van der Waals surface area (Å²) in [5.41, 5.74) is 2.48. The molecule has 1 aromatic rings. The minimum absolute atomic E-state index is 0.237. The number of nitrogens with zero attached hydrogens (tertiary/aromatic N) is 3. The first-order valence-corrected chi connectivity index (χ1v) is 14.0. The Hall–Kier alpha value is -3.11. The molecule has 3 heterocycles. The fraction of sp³-hybridized carbons (Fsp3) is 0.679. The first-order valence-electron chi connectivity index (χ1n) is 14.0. The van der Waals surface area contributed by atoms with E-state index in [0.717, 1.165) is 69.7 Å². The summed E-state index contributed by atoms with van der Waals surface area (Å²) in [6.07, 6.45) is -3.96. The lowest BCUT2D eigenvalue weighted by Crippen LogP contribution is -2.44. The molecular formula is C28H39F6N3O7. The molecule has 0 aromatic heterocycles. The number of anilines is 1. The molecule has 3 N–H and O–H groups in total. The van der Waals surface area contributed by atoms with Gasteiger partial charge in [0.15, 0.2) is 0 Å². The van der Waals surface area contributed by atoms with Crippen molar-refractivity contribution in [3.8, 4) is 0 Å². The molecule has 3 aliphatic heterocycles. The predicted octanol–water partition coefficient (Wildman–Crippen LogP) is 3.42. The highest BCUT2D eigenvalue weighted by Gasteiger charge is 2.44. The molecule has 250 valence electrons. The van der Waals surface area contributed by atoms with Gasteiger partial charge in [0, 0.05) is 45.5 Å². The number of amides is 1. The van der Waals surface area contributed by atoms with Crippen molar-refractivity contribution in [2.45, 2.75) is 63.0 Å². The van der Waals surface area contributed by atoms with Gasteiger partial charge in [-0.25, -0.2) is 9.59 Å². The Balaban J connectivity index is 0.000000402. The van der Waals surface area contributed by atoms with Crippen LogP contribution in [0.25, 0.3) is 0 Å². The summed E-state index contributed by atoms with van der Waals surface area (Å²) in [7, 11) is 4.05. The molecular weight excluding hydrogens is 604 g/mol. The molecule has 3 saturated heterocycles. The van der Waals surface area contributed by atoms with Crippen molar-refractivity contribution in [2.24, 2.45) is 5.41 Å². The van der Waals surface area contributed by atoms with Crippen LogP contribution in [0.4, 0.5) is 32.0 Å². The zero-order valence-electron chi connectivity index (χ0n) is 24.5. The van der Waals surface area contributed by atoms with Crippen LogP contribution in [0.3, 0.4) is 0 Å². The zero-order valence-corrected chi connectivity index (χ0v) is 24.5. The van der Waals surface area contributed by atoms with E-state index >= 15 is 0 Å². The van der Waals surface area contributed by atoms with Crippen molar-refractivity contribution >= 4 is 23.5 Å². The molecule has 0 saturated carbocycles. The maximum Gasteiger partial charge on any atom is 0.490 e. The quantitative estimate of drug-likeness (QED) is 0.400. The standard InChI is InChI=1S/C24H37N3O3.2C2HF3O2/c1-25(2)20-7-5-19(6-8-20)14-23(29)26-12-9-24(10-13-26)15-22(30-18-24)16-27-11-3-4-21(27)17-28;2*3-2(4,5)1(6)7/h5-8,21-22,28H,3-4,9-18H2,1-2H3;2*(H,6,7)/t21-,22?;;/m0../s1. The Kier molecular flexibility index (Phi) is 13.3. The van der Waals surface area contributed by atoms with Crippen LogP contribution in [-0.2, 0) is 25.5 Å². The number of hydrogen-bond acceptors (Lipinski definition) is 7. The number of carboxylic acid groups (broad SMARTS) is 2. The van der Waals surface area contributed by atoms with Gasteiger partial charge in [-0.05, 0) is 61.8 Å². The van der Waals surface area contributed by atoms with Crippen molar-refractivity contribution in [2.75, 3.05) is 58.4 Å². The summed E-state index contributed by atoms with van der Waals surface area (Å²) in [6, 6.07) is 8.59. The largest absolute Gasteiger partial charge is 0.490 e. The Morgan fingerprint density at radius 3 is 1.93 bits per heavy atom. The second-order valence-electron chi connectivity index (χ2n) is 11.3. The van der Waals surface area contributed by atoms with Crippen LogP contribution in [-0.4, -0.2) is 121 Å². The van der Waals surface area contributed by atoms with Gasteiger partial charge in [0.25, 0.3) is 0 Å². The Morgan fingerprint density at radius 1 is 0.955 bits per heavy atom. The number of aliphatic carboxylic acids is 2. The maximum atomic E-state index is 12.8. The molecule has 4 rings (SSSR count). The first-order chi connectivity index (χ1) is 20.4. The number of carboxylic acids is 2. The second-order valence-corrected chi connectivity index (χ2v) is 11.3. The van der Waals surface area contributed by atoms with E-state index in [1.807, 2.05) is 19.0 Å². The van der Waals surface area contributed by atoms with Gasteiger partial charge >= 0.3 is 24.3 Å². The molecule has 1 amide bonds. The van der Waals surface area contributed by atoms with Crippen molar-refractivity contribution in [1.82, 2.24) is 9.80 Å². The van der Waals surface area contributed by atoms with Crippen LogP contribution >= 0.6 is 0 Å². The number of aliphatic hydroxyl groups excluding tert-OH is 1. The first kappa shape index (κ1) is 37.1. The number of halogens is 6. The second kappa shape index (κ2) is 15.8. The molecule has 0 aliphatic carbocycles. The highest BCUT2D eigenvalue weighted by molar-refractivity contribution is 5.79. The molecule has 3 aliphatic rings. The number of rotatable bonds is 6. The third kappa shape index (κ3) is 11.4. The van der Waals surface area contributed by atoms with Gasteiger partial charge in [0.1, 0.15) is 0 Å². The van der Waals surface area contributed by atoms with Gasteiger partial charge < -0.3 is 29.9 Å². The number of benzene rings is 1. The number of carbonyl (C=O) groups excluding carboxylic acids is 1. The zero-order chi connectivity index (χ0) is 33.3. The van der Waals surface area contributed by atoms with E-state index in [1.54, 1.807) is 0 Å². The van der Waals surface area contributed by atoms with E-state index in [2.05, 4.69) is 34.1 Å². The third-order valence-corrected chi connectivity index (χ3v) is 7.90. The topological polar surface area (TPSA) is 131 Å². The number of carbonyl (C=O) groups is 3. The van der Waals surface area contributed by atoms with E-state index in [9.17, 15) is 36.2 Å². The summed E-state index contributed by atoms with van der Waals surface area (Å²) in [5, 5.41) is 23.8. The summed E-state index contributed by atoms with van der Waals surface area (Å²) in [5.74, 6) is -5.28. The Bertz CT molecular complexity index is 1070. The van der Waals surface area contributed by atoms with Gasteiger partial charge in [0.05, 0.1) is 25.7 Å². The van der Waals surface area contributed by atoms with Gasteiger partial charge in [-0.3, -0.25) is 9.69 Å². The number of likely N-dealkylation sites (tertiary alicyclic amines) is 2. The van der Waals surface area contributed by atoms with Crippen molar-refractivity contribution in [3.63, 3.8) is 0 Å². The van der Waals surface area contributed by atoms with E-state index in [-0.39, 0.29) is 24.0 Å². The fourth-order valence-electron chi connectivity index (χ4n) is 5.39. The highest BCUT2D eigenvalue weighted by Crippen LogP contribution is 2.42. The lowest BCUT2D eigenvalue weighted by atomic mass is 9.76. The van der Waals surface area contributed by atoms with Crippen molar-refractivity contribution < 1.29 is 60.8 Å². The third-order valence-electron chi connectivity index (χ3n) is 7.90. The summed E-state index contributed by atoms with van der Waals surface area (Å²) in [6.45, 7) is 4.78. The van der Waals surface area contributed by atoms with E-state index in [1.165, 1.54) is 6.42 Å². The molecule has 0 radical (unpaired) electrons. The lowest BCUT2D eigenvalue weighted by Gasteiger charge is -2.38. The minimum Gasteiger partial charge on any atom is -0.475 e. The van der Waals surface area contributed by atoms with Gasteiger partial charge in [-0.2, -0.15) is 26.3 Å². The molecule has 3 fully saturated rings. The Morgan fingerprint density at radius 2 is 1.48 bits per heavy atom. The molecule has 1 unspecified atom stereocenters. The van der Waals surface area contributed by atoms with E-state index in [0.29, 0.717) is 12.5 Å². The van der Waals surface area contributed by atoms with Crippen LogP contribution in [0.2, 0.25) is 0 Å². The number of aliphatic hydroxyl groups is 1. The number of ether oxygens (including phenoxy) is 1. The highest BCUT2D eigenvalue weighted by atomic mass is 19.4. The SMILES string of the molecule is CN(C)c1ccc(CC(=O)N2CCC3(CC2)COC(CN2CCC[C@H]2CO)C3)cc1.O=C(O)C(F)(F)F.O=C(O)C(F)(F)F. The van der Waals surface area contributed by atoms with E-state index < -0.39 is 24.3 Å². The predicted molar refractivity (Wildman–Crippen MR) is 146 cm³/mol. The summed E-state index contributed by atoms with van der Waals surface area (Å²) in [4.78, 5) is 37.1. The van der Waals surface area contributed by atoms with E-state index in [4.69, 9.17) is 24.5 Å². The molecule has 10 nitrogen and oxygen atoms in total. The van der Waals surface area contributed by atoms with Gasteiger partial charge in [-0.1, -0.05) is 12.1 Å². The molecule has 2 atom stereocenters. The minimum atomic E-state index is -5.08. The summed E-state index contributed by atoms with van der Waals surface area (Å²) < 4.78 is 69.7. The average Bonchev–Trinajstić information content (AvgIpc) is 3.55. The van der Waals surface area contributed by atoms with Crippen LogP contribution in [0.5, 0.6) is 0 Å². The monoisotopic (exact) mass is 643 g/mol. The fourth-order valence-corrected chi connectivity index (χ4v) is 5.39. The maximum absolute atomic E-state index is 12.8.